The van der Waals surface area contributed by atoms with Gasteiger partial charge in [-0.2, -0.15) is 0 Å². The zero-order valence-corrected chi connectivity index (χ0v) is 7.65. The summed E-state index contributed by atoms with van der Waals surface area (Å²) in [6.45, 7) is 9.09. The molecule has 0 aromatic rings. The molecule has 0 amide bonds. The summed E-state index contributed by atoms with van der Waals surface area (Å²) in [4.78, 5) is 0. The second kappa shape index (κ2) is 5.42. The largest absolute Gasteiger partial charge is 0.390 e. The van der Waals surface area contributed by atoms with Gasteiger partial charge in [-0.15, -0.1) is 0 Å². The maximum atomic E-state index is 9.05. The van der Waals surface area contributed by atoms with Crippen molar-refractivity contribution in [2.75, 3.05) is 0 Å². The molecule has 0 atom stereocenters. The number of hydrogen-bond donors (Lipinski definition) is 2. The number of rotatable bonds is 2. The van der Waals surface area contributed by atoms with Crippen LogP contribution in [0.2, 0.25) is 0 Å². The molecular weight excluding hydrogens is 126 g/mol. The van der Waals surface area contributed by atoms with Gasteiger partial charge in [0.1, 0.15) is 0 Å². The van der Waals surface area contributed by atoms with E-state index in [9.17, 15) is 0 Å². The first kappa shape index (κ1) is 12.3. The summed E-state index contributed by atoms with van der Waals surface area (Å²) in [5, 5.41) is 16.0. The lowest BCUT2D eigenvalue weighted by Crippen LogP contribution is -2.21. The highest BCUT2D eigenvalue weighted by molar-refractivity contribution is 5.79. The zero-order valence-electron chi connectivity index (χ0n) is 7.65. The van der Waals surface area contributed by atoms with Crippen LogP contribution < -0.4 is 0 Å². The van der Waals surface area contributed by atoms with Crippen LogP contribution in [0.3, 0.4) is 0 Å². The second-order valence-corrected chi connectivity index (χ2v) is 2.77. The molecule has 0 aromatic carbocycles. The normalized spacial score (nSPS) is 9.80. The fourth-order valence-corrected chi connectivity index (χ4v) is 0.649. The Hall–Kier alpha value is -0.370. The Balaban J connectivity index is 0. The molecule has 0 rings (SSSR count). The van der Waals surface area contributed by atoms with Crippen molar-refractivity contribution in [1.82, 2.24) is 0 Å². The lowest BCUT2D eigenvalue weighted by atomic mass is 10.0. The molecule has 0 bridgehead atoms. The molecule has 0 fully saturated rings. The Labute approximate surface area is 63.8 Å². The first-order valence-corrected chi connectivity index (χ1v) is 3.68. The van der Waals surface area contributed by atoms with Crippen molar-refractivity contribution in [2.45, 2.75) is 46.6 Å². The Bertz CT molecular complexity index is 91.9. The molecule has 0 saturated heterocycles. The summed E-state index contributed by atoms with van der Waals surface area (Å²) < 4.78 is 0. The first-order chi connectivity index (χ1) is 4.42. The highest BCUT2D eigenvalue weighted by Crippen LogP contribution is 2.06. The molecule has 0 aromatic heterocycles. The van der Waals surface area contributed by atoms with Gasteiger partial charge in [-0.3, -0.25) is 0 Å². The van der Waals surface area contributed by atoms with Crippen LogP contribution in [0.1, 0.15) is 41.0 Å². The van der Waals surface area contributed by atoms with E-state index in [1.165, 1.54) is 0 Å². The fraction of sp³-hybridized carbons (Fsp3) is 0.875. The fourth-order valence-electron chi connectivity index (χ4n) is 0.649. The predicted molar refractivity (Wildman–Crippen MR) is 45.7 cm³/mol. The topological polar surface area (TPSA) is 44.1 Å². The third-order valence-corrected chi connectivity index (χ3v) is 0.698. The summed E-state index contributed by atoms with van der Waals surface area (Å²) in [7, 11) is 0. The van der Waals surface area contributed by atoms with E-state index in [-0.39, 0.29) is 0 Å². The number of hydrogen-bond acceptors (Lipinski definition) is 2. The van der Waals surface area contributed by atoms with E-state index in [4.69, 9.17) is 10.5 Å². The molecule has 0 radical (unpaired) electrons. The van der Waals surface area contributed by atoms with Crippen molar-refractivity contribution in [1.29, 1.82) is 5.41 Å². The molecule has 0 saturated carbocycles. The van der Waals surface area contributed by atoms with Gasteiger partial charge < -0.3 is 10.5 Å². The molecule has 2 heteroatoms. The van der Waals surface area contributed by atoms with Gasteiger partial charge in [0.15, 0.2) is 0 Å². The van der Waals surface area contributed by atoms with E-state index in [1.807, 2.05) is 13.8 Å². The van der Waals surface area contributed by atoms with Crippen LogP contribution >= 0.6 is 0 Å². The van der Waals surface area contributed by atoms with Crippen molar-refractivity contribution in [3.8, 4) is 0 Å². The SMILES string of the molecule is CC.CC(=N)CC(C)(C)O. The minimum Gasteiger partial charge on any atom is -0.390 e. The molecule has 2 nitrogen and oxygen atoms in total. The van der Waals surface area contributed by atoms with Crippen LogP contribution in [-0.2, 0) is 0 Å². The van der Waals surface area contributed by atoms with E-state index in [1.54, 1.807) is 20.8 Å². The molecule has 0 unspecified atom stereocenters. The lowest BCUT2D eigenvalue weighted by Gasteiger charge is -2.14. The Morgan fingerprint density at radius 3 is 1.70 bits per heavy atom. The summed E-state index contributed by atoms with van der Waals surface area (Å²) in [5.74, 6) is 0. The maximum Gasteiger partial charge on any atom is 0.0643 e. The Morgan fingerprint density at radius 2 is 1.70 bits per heavy atom. The average molecular weight is 145 g/mol. The summed E-state index contributed by atoms with van der Waals surface area (Å²) in [6, 6.07) is 0. The quantitative estimate of drug-likeness (QED) is 0.575. The number of nitrogens with one attached hydrogen (secondary N) is 1. The van der Waals surface area contributed by atoms with Gasteiger partial charge in [0.2, 0.25) is 0 Å². The van der Waals surface area contributed by atoms with E-state index in [0.717, 1.165) is 0 Å². The van der Waals surface area contributed by atoms with Crippen LogP contribution in [0.25, 0.3) is 0 Å². The van der Waals surface area contributed by atoms with E-state index >= 15 is 0 Å². The van der Waals surface area contributed by atoms with Crippen molar-refractivity contribution in [2.24, 2.45) is 0 Å². The van der Waals surface area contributed by atoms with Crippen LogP contribution in [0.15, 0.2) is 0 Å². The van der Waals surface area contributed by atoms with Crippen molar-refractivity contribution >= 4 is 5.71 Å². The Kier molecular flexibility index (Phi) is 6.67. The van der Waals surface area contributed by atoms with E-state index < -0.39 is 5.60 Å². The Morgan fingerprint density at radius 1 is 1.40 bits per heavy atom. The molecule has 0 spiro atoms. The first-order valence-electron chi connectivity index (χ1n) is 3.68. The standard InChI is InChI=1S/C6H13NO.C2H6/c1-5(7)4-6(2,3)8;1-2/h7-8H,4H2,1-3H3;1-2H3. The third kappa shape index (κ3) is 15.6. The summed E-state index contributed by atoms with van der Waals surface area (Å²) in [6.07, 6.45) is 0.465. The number of aliphatic hydroxyl groups is 1. The molecule has 0 aliphatic rings. The highest BCUT2D eigenvalue weighted by Gasteiger charge is 2.11. The van der Waals surface area contributed by atoms with Crippen LogP contribution in [0.5, 0.6) is 0 Å². The minimum atomic E-state index is -0.703. The van der Waals surface area contributed by atoms with Gasteiger partial charge in [-0.1, -0.05) is 13.8 Å². The molecule has 0 heterocycles. The van der Waals surface area contributed by atoms with Gasteiger partial charge >= 0.3 is 0 Å². The third-order valence-electron chi connectivity index (χ3n) is 0.698. The van der Waals surface area contributed by atoms with Crippen LogP contribution in [-0.4, -0.2) is 16.4 Å². The molecule has 62 valence electrons. The molecule has 0 aliphatic carbocycles. The lowest BCUT2D eigenvalue weighted by molar-refractivity contribution is 0.0883. The predicted octanol–water partition coefficient (Wildman–Crippen LogP) is 2.21. The summed E-state index contributed by atoms with van der Waals surface area (Å²) >= 11 is 0. The minimum absolute atomic E-state index is 0.465. The maximum absolute atomic E-state index is 9.05. The van der Waals surface area contributed by atoms with Gasteiger partial charge in [-0.05, 0) is 20.8 Å². The smallest absolute Gasteiger partial charge is 0.0643 e. The zero-order chi connectivity index (χ0) is 8.78. The van der Waals surface area contributed by atoms with Crippen molar-refractivity contribution in [3.63, 3.8) is 0 Å². The van der Waals surface area contributed by atoms with Crippen molar-refractivity contribution in [3.05, 3.63) is 0 Å². The molecule has 0 aliphatic heterocycles. The van der Waals surface area contributed by atoms with E-state index in [0.29, 0.717) is 12.1 Å². The van der Waals surface area contributed by atoms with Gasteiger partial charge in [0.25, 0.3) is 0 Å². The second-order valence-electron chi connectivity index (χ2n) is 2.77. The molecule has 10 heavy (non-hydrogen) atoms. The van der Waals surface area contributed by atoms with Gasteiger partial charge in [0.05, 0.1) is 5.60 Å². The summed E-state index contributed by atoms with van der Waals surface area (Å²) in [5.41, 5.74) is -0.177. The monoisotopic (exact) mass is 145 g/mol. The molecular formula is C8H19NO. The van der Waals surface area contributed by atoms with Gasteiger partial charge in [-0.25, -0.2) is 0 Å². The van der Waals surface area contributed by atoms with Crippen LogP contribution in [0.4, 0.5) is 0 Å². The van der Waals surface area contributed by atoms with Crippen molar-refractivity contribution < 1.29 is 5.11 Å². The van der Waals surface area contributed by atoms with E-state index in [2.05, 4.69) is 0 Å². The van der Waals surface area contributed by atoms with Gasteiger partial charge in [0, 0.05) is 12.1 Å². The highest BCUT2D eigenvalue weighted by atomic mass is 16.3. The average Bonchev–Trinajstić information content (AvgIpc) is 1.64. The molecule has 2 N–H and O–H groups in total. The van der Waals surface area contributed by atoms with Crippen LogP contribution in [0, 0.1) is 5.41 Å².